The Kier molecular flexibility index (Phi) is 52.5. The minimum absolute atomic E-state index is 0.127. The van der Waals surface area contributed by atoms with Crippen LogP contribution in [-0.4, -0.2) is 37.2 Å². The van der Waals surface area contributed by atoms with Gasteiger partial charge in [0.2, 0.25) is 0 Å². The van der Waals surface area contributed by atoms with Crippen LogP contribution >= 0.6 is 0 Å². The highest BCUT2D eigenvalue weighted by Crippen LogP contribution is 2.12. The number of esters is 3. The maximum atomic E-state index is 12.8. The molecule has 0 rings (SSSR count). The highest BCUT2D eigenvalue weighted by molar-refractivity contribution is 5.71. The normalized spacial score (nSPS) is 13.1. The Morgan fingerprint density at radius 1 is 0.304 bits per heavy atom. The van der Waals surface area contributed by atoms with Crippen LogP contribution in [0.25, 0.3) is 0 Å². The van der Waals surface area contributed by atoms with E-state index in [0.29, 0.717) is 19.3 Å². The number of allylic oxidation sites excluding steroid dienone is 22. The van der Waals surface area contributed by atoms with Gasteiger partial charge in [-0.3, -0.25) is 14.4 Å². The molecule has 0 aromatic rings. The Labute approximate surface area is 424 Å². The number of rotatable bonds is 48. The molecule has 0 aromatic heterocycles. The summed E-state index contributed by atoms with van der Waals surface area (Å²) in [6, 6.07) is 0. The molecular formula is C63H100O6. The SMILES string of the molecule is CC/C=C\C/C=C\C/C=C\C/C=C\C/C=C\CCCCCC(=O)OC[C@H](COC(=O)CCCCCCC/C=C\CCCCCC)OC(=O)CC/C=C\C/C=C\C/C=C\C/C=C\C/C=C\CCCCC. The van der Waals surface area contributed by atoms with Gasteiger partial charge in [-0.15, -0.1) is 0 Å². The van der Waals surface area contributed by atoms with Gasteiger partial charge in [0, 0.05) is 19.3 Å². The maximum absolute atomic E-state index is 12.8. The Hall–Kier alpha value is -4.45. The number of carbonyl (C=O) groups excluding carboxylic acids is 3. The third-order valence-electron chi connectivity index (χ3n) is 11.1. The largest absolute Gasteiger partial charge is 0.462 e. The molecule has 0 heterocycles. The first-order valence-corrected chi connectivity index (χ1v) is 27.7. The predicted octanol–water partition coefficient (Wildman–Crippen LogP) is 18.6. The first kappa shape index (κ1) is 64.5. The van der Waals surface area contributed by atoms with Gasteiger partial charge >= 0.3 is 17.9 Å². The summed E-state index contributed by atoms with van der Waals surface area (Å²) >= 11 is 0. The Morgan fingerprint density at radius 3 is 1.00 bits per heavy atom. The van der Waals surface area contributed by atoms with E-state index in [0.717, 1.165) is 116 Å². The number of hydrogen-bond acceptors (Lipinski definition) is 6. The van der Waals surface area contributed by atoms with Crippen molar-refractivity contribution in [3.05, 3.63) is 134 Å². The molecule has 0 unspecified atom stereocenters. The summed E-state index contributed by atoms with van der Waals surface area (Å²) < 4.78 is 16.7. The van der Waals surface area contributed by atoms with Crippen molar-refractivity contribution in [3.8, 4) is 0 Å². The van der Waals surface area contributed by atoms with Crippen molar-refractivity contribution < 1.29 is 28.6 Å². The molecule has 0 aliphatic heterocycles. The fourth-order valence-electron chi connectivity index (χ4n) is 6.97. The lowest BCUT2D eigenvalue weighted by molar-refractivity contribution is -0.166. The van der Waals surface area contributed by atoms with Gasteiger partial charge in [0.15, 0.2) is 6.10 Å². The van der Waals surface area contributed by atoms with E-state index in [9.17, 15) is 14.4 Å². The van der Waals surface area contributed by atoms with E-state index in [1.807, 2.05) is 12.2 Å². The van der Waals surface area contributed by atoms with Gasteiger partial charge in [-0.25, -0.2) is 0 Å². The van der Waals surface area contributed by atoms with Crippen molar-refractivity contribution in [1.29, 1.82) is 0 Å². The third-order valence-corrected chi connectivity index (χ3v) is 11.1. The van der Waals surface area contributed by atoms with Gasteiger partial charge < -0.3 is 14.2 Å². The molecule has 0 aliphatic carbocycles. The highest BCUT2D eigenvalue weighted by Gasteiger charge is 2.19. The second-order valence-corrected chi connectivity index (χ2v) is 17.7. The summed E-state index contributed by atoms with van der Waals surface area (Å²) in [6.45, 7) is 6.37. The fraction of sp³-hybridized carbons (Fsp3) is 0.603. The fourth-order valence-corrected chi connectivity index (χ4v) is 6.97. The van der Waals surface area contributed by atoms with Gasteiger partial charge in [0.1, 0.15) is 13.2 Å². The second-order valence-electron chi connectivity index (χ2n) is 17.7. The smallest absolute Gasteiger partial charge is 0.306 e. The molecule has 1 atom stereocenters. The predicted molar refractivity (Wildman–Crippen MR) is 297 cm³/mol. The zero-order chi connectivity index (χ0) is 50.0. The van der Waals surface area contributed by atoms with E-state index in [1.165, 1.54) is 64.2 Å². The number of ether oxygens (including phenoxy) is 3. The van der Waals surface area contributed by atoms with E-state index in [4.69, 9.17) is 14.2 Å². The van der Waals surface area contributed by atoms with Gasteiger partial charge in [0.25, 0.3) is 0 Å². The van der Waals surface area contributed by atoms with Gasteiger partial charge in [0.05, 0.1) is 0 Å². The molecule has 6 nitrogen and oxygen atoms in total. The van der Waals surface area contributed by atoms with Crippen molar-refractivity contribution >= 4 is 17.9 Å². The Balaban J connectivity index is 4.59. The van der Waals surface area contributed by atoms with Crippen LogP contribution in [-0.2, 0) is 28.6 Å². The van der Waals surface area contributed by atoms with Crippen LogP contribution in [0, 0.1) is 0 Å². The summed E-state index contributed by atoms with van der Waals surface area (Å²) in [4.78, 5) is 38.1. The zero-order valence-corrected chi connectivity index (χ0v) is 44.3. The molecule has 388 valence electrons. The van der Waals surface area contributed by atoms with Crippen LogP contribution in [0.5, 0.6) is 0 Å². The molecule has 0 radical (unpaired) electrons. The lowest BCUT2D eigenvalue weighted by Gasteiger charge is -2.18. The van der Waals surface area contributed by atoms with Crippen molar-refractivity contribution in [2.24, 2.45) is 0 Å². The number of carbonyl (C=O) groups is 3. The van der Waals surface area contributed by atoms with Crippen molar-refractivity contribution in [2.75, 3.05) is 13.2 Å². The van der Waals surface area contributed by atoms with Gasteiger partial charge in [-0.2, -0.15) is 0 Å². The second kappa shape index (κ2) is 56.1. The lowest BCUT2D eigenvalue weighted by atomic mass is 10.1. The topological polar surface area (TPSA) is 78.9 Å². The molecule has 0 N–H and O–H groups in total. The summed E-state index contributed by atoms with van der Waals surface area (Å²) in [5.41, 5.74) is 0. The first-order chi connectivity index (χ1) is 34.0. The number of unbranched alkanes of at least 4 members (excludes halogenated alkanes) is 15. The molecule has 0 aliphatic rings. The monoisotopic (exact) mass is 953 g/mol. The molecule has 0 saturated carbocycles. The van der Waals surface area contributed by atoms with Crippen LogP contribution in [0.2, 0.25) is 0 Å². The Bertz CT molecular complexity index is 1510. The van der Waals surface area contributed by atoms with Crippen molar-refractivity contribution in [1.82, 2.24) is 0 Å². The molecule has 0 aromatic carbocycles. The average molecular weight is 953 g/mol. The van der Waals surface area contributed by atoms with E-state index in [2.05, 4.69) is 142 Å². The van der Waals surface area contributed by atoms with Crippen molar-refractivity contribution in [2.45, 2.75) is 232 Å². The van der Waals surface area contributed by atoms with Crippen LogP contribution < -0.4 is 0 Å². The highest BCUT2D eigenvalue weighted by atomic mass is 16.6. The summed E-state index contributed by atoms with van der Waals surface area (Å²) in [5.74, 6) is -1.06. The van der Waals surface area contributed by atoms with Gasteiger partial charge in [-0.1, -0.05) is 212 Å². The maximum Gasteiger partial charge on any atom is 0.306 e. The molecule has 6 heteroatoms. The van der Waals surface area contributed by atoms with E-state index >= 15 is 0 Å². The lowest BCUT2D eigenvalue weighted by Crippen LogP contribution is -2.30. The zero-order valence-electron chi connectivity index (χ0n) is 44.3. The molecule has 0 spiro atoms. The number of hydrogen-bond donors (Lipinski definition) is 0. The van der Waals surface area contributed by atoms with Crippen LogP contribution in [0.3, 0.4) is 0 Å². The molecular weight excluding hydrogens is 853 g/mol. The molecule has 0 fully saturated rings. The molecule has 69 heavy (non-hydrogen) atoms. The van der Waals surface area contributed by atoms with Crippen LogP contribution in [0.4, 0.5) is 0 Å². The quantitative estimate of drug-likeness (QED) is 0.0262. The third kappa shape index (κ3) is 54.4. The summed E-state index contributed by atoms with van der Waals surface area (Å²) in [7, 11) is 0. The van der Waals surface area contributed by atoms with Crippen molar-refractivity contribution in [3.63, 3.8) is 0 Å². The summed E-state index contributed by atoms with van der Waals surface area (Å²) in [5, 5.41) is 0. The minimum atomic E-state index is -0.840. The average Bonchev–Trinajstić information content (AvgIpc) is 3.35. The summed E-state index contributed by atoms with van der Waals surface area (Å²) in [6.07, 6.45) is 78.7. The molecule has 0 saturated heterocycles. The molecule has 0 bridgehead atoms. The van der Waals surface area contributed by atoms with E-state index in [1.54, 1.807) is 0 Å². The minimum Gasteiger partial charge on any atom is -0.462 e. The standard InChI is InChI=1S/C63H100O6/c1-4-7-10-13-16-19-22-25-27-29-31-33-35-38-41-44-47-50-53-56-62(65)68-59-60(58-67-61(64)55-52-49-46-43-40-37-24-21-18-15-12-9-6-3)69-63(66)57-54-51-48-45-42-39-36-34-32-30-28-26-23-20-17-14-11-8-5-2/h7,10,16-17,19-21,24-28,31-34,38-39,41-42,48,51,60H,4-6,8-9,11-15,18,22-23,29-30,35-37,40,43-47,49-50,52-59H2,1-3H3/b10-7-,19-16-,20-17-,24-21-,27-25-,28-26-,33-31-,34-32-,41-38-,42-39-,51-48-/t60-/m0/s1. The van der Waals surface area contributed by atoms with Crippen LogP contribution in [0.15, 0.2) is 134 Å². The Morgan fingerprint density at radius 2 is 0.594 bits per heavy atom. The van der Waals surface area contributed by atoms with Crippen LogP contribution in [0.1, 0.15) is 226 Å². The van der Waals surface area contributed by atoms with E-state index < -0.39 is 12.1 Å². The first-order valence-electron chi connectivity index (χ1n) is 27.7. The van der Waals surface area contributed by atoms with Gasteiger partial charge in [-0.05, 0) is 128 Å². The van der Waals surface area contributed by atoms with E-state index in [-0.39, 0.29) is 31.6 Å². The molecule has 0 amide bonds.